The second-order valence-electron chi connectivity index (χ2n) is 7.03. The third kappa shape index (κ3) is 4.62. The number of hydrogen-bond donors (Lipinski definition) is 3. The number of phenolic OH excluding ortho intramolecular Hbond substituents is 1. The summed E-state index contributed by atoms with van der Waals surface area (Å²) in [6, 6.07) is 7.09. The lowest BCUT2D eigenvalue weighted by atomic mass is 9.92. The van der Waals surface area contributed by atoms with Crippen LogP contribution in [0.25, 0.3) is 0 Å². The number of carbonyl (C=O) groups is 1. The van der Waals surface area contributed by atoms with Gasteiger partial charge in [0.15, 0.2) is 5.69 Å². The molecule has 1 heterocycles. The van der Waals surface area contributed by atoms with Crippen LogP contribution in [0.2, 0.25) is 0 Å². The van der Waals surface area contributed by atoms with Crippen molar-refractivity contribution in [1.82, 2.24) is 15.6 Å². The van der Waals surface area contributed by atoms with E-state index in [4.69, 9.17) is 0 Å². The molecule has 3 N–H and O–H groups in total. The van der Waals surface area contributed by atoms with Gasteiger partial charge in [-0.05, 0) is 32.0 Å². The fraction of sp³-hybridized carbons (Fsp3) is 0.421. The molecule has 7 heteroatoms. The van der Waals surface area contributed by atoms with E-state index in [1.165, 1.54) is 6.21 Å². The number of nitrogens with one attached hydrogen (secondary N) is 2. The summed E-state index contributed by atoms with van der Waals surface area (Å²) in [6.45, 7) is 11.9. The van der Waals surface area contributed by atoms with Crippen molar-refractivity contribution in [3.63, 3.8) is 0 Å². The first-order valence-corrected chi connectivity index (χ1v) is 8.73. The van der Waals surface area contributed by atoms with Crippen LogP contribution in [0.15, 0.2) is 29.4 Å². The lowest BCUT2D eigenvalue weighted by molar-refractivity contribution is 0.0950. The minimum atomic E-state index is -0.410. The molecule has 2 aromatic rings. The van der Waals surface area contributed by atoms with Gasteiger partial charge in [-0.1, -0.05) is 20.8 Å². The second kappa shape index (κ2) is 8.03. The Labute approximate surface area is 154 Å². The van der Waals surface area contributed by atoms with E-state index in [2.05, 4.69) is 39.5 Å². The Morgan fingerprint density at radius 3 is 2.54 bits per heavy atom. The molecule has 1 aromatic heterocycles. The van der Waals surface area contributed by atoms with E-state index in [0.717, 1.165) is 24.5 Å². The number of hydrogen-bond acceptors (Lipinski definition) is 5. The Kier molecular flexibility index (Phi) is 6.02. The number of carbonyl (C=O) groups excluding carboxylic acids is 1. The van der Waals surface area contributed by atoms with Gasteiger partial charge in [-0.15, -0.1) is 0 Å². The quantitative estimate of drug-likeness (QED) is 0.547. The van der Waals surface area contributed by atoms with Crippen molar-refractivity contribution >= 4 is 17.8 Å². The number of aromatic nitrogens is 2. The van der Waals surface area contributed by atoms with E-state index >= 15 is 0 Å². The van der Waals surface area contributed by atoms with Crippen LogP contribution in [0, 0.1) is 0 Å². The number of benzene rings is 1. The van der Waals surface area contributed by atoms with Crippen molar-refractivity contribution in [1.29, 1.82) is 0 Å². The minimum Gasteiger partial charge on any atom is -0.507 e. The van der Waals surface area contributed by atoms with Crippen LogP contribution in [0.5, 0.6) is 5.75 Å². The molecule has 0 spiro atoms. The fourth-order valence-electron chi connectivity index (χ4n) is 2.47. The van der Waals surface area contributed by atoms with Crippen molar-refractivity contribution in [3.05, 3.63) is 41.2 Å². The molecule has 0 atom stereocenters. The number of anilines is 1. The molecule has 0 aliphatic heterocycles. The van der Waals surface area contributed by atoms with Crippen LogP contribution in [-0.2, 0) is 5.41 Å². The van der Waals surface area contributed by atoms with Crippen LogP contribution in [-0.4, -0.2) is 40.5 Å². The highest BCUT2D eigenvalue weighted by Gasteiger charge is 2.19. The Morgan fingerprint density at radius 2 is 2.00 bits per heavy atom. The summed E-state index contributed by atoms with van der Waals surface area (Å²) < 4.78 is 0. The number of amides is 1. The van der Waals surface area contributed by atoms with Gasteiger partial charge in [0.25, 0.3) is 5.91 Å². The van der Waals surface area contributed by atoms with Gasteiger partial charge >= 0.3 is 0 Å². The summed E-state index contributed by atoms with van der Waals surface area (Å²) >= 11 is 0. The first-order valence-electron chi connectivity index (χ1n) is 8.73. The van der Waals surface area contributed by atoms with Crippen LogP contribution < -0.4 is 10.3 Å². The molecule has 140 valence electrons. The number of rotatable bonds is 6. The predicted octanol–water partition coefficient (Wildman–Crippen LogP) is 3.02. The van der Waals surface area contributed by atoms with Gasteiger partial charge in [0.1, 0.15) is 5.75 Å². The summed E-state index contributed by atoms with van der Waals surface area (Å²) in [4.78, 5) is 14.2. The topological polar surface area (TPSA) is 93.6 Å². The molecule has 0 radical (unpaired) electrons. The lowest BCUT2D eigenvalue weighted by Crippen LogP contribution is -2.21. The van der Waals surface area contributed by atoms with E-state index in [1.54, 1.807) is 18.2 Å². The van der Waals surface area contributed by atoms with E-state index < -0.39 is 5.91 Å². The van der Waals surface area contributed by atoms with Gasteiger partial charge < -0.3 is 10.0 Å². The number of aromatic hydroxyl groups is 1. The number of aromatic amines is 1. The molecular formula is C19H27N5O2. The number of nitrogens with zero attached hydrogens (tertiary/aromatic N) is 3. The molecule has 0 fully saturated rings. The van der Waals surface area contributed by atoms with E-state index in [1.807, 2.05) is 26.8 Å². The summed E-state index contributed by atoms with van der Waals surface area (Å²) in [5, 5.41) is 20.9. The maximum absolute atomic E-state index is 12.1. The summed E-state index contributed by atoms with van der Waals surface area (Å²) in [5.41, 5.74) is 4.92. The highest BCUT2D eigenvalue weighted by Crippen LogP contribution is 2.23. The fourth-order valence-corrected chi connectivity index (χ4v) is 2.47. The third-order valence-electron chi connectivity index (χ3n) is 4.13. The zero-order valence-electron chi connectivity index (χ0n) is 16.0. The number of hydrazone groups is 1. The largest absolute Gasteiger partial charge is 0.507 e. The zero-order chi connectivity index (χ0) is 19.3. The van der Waals surface area contributed by atoms with Crippen LogP contribution in [0.1, 0.15) is 56.4 Å². The highest BCUT2D eigenvalue weighted by atomic mass is 16.3. The molecule has 0 saturated heterocycles. The minimum absolute atomic E-state index is 0.113. The molecule has 0 aliphatic rings. The maximum atomic E-state index is 12.1. The van der Waals surface area contributed by atoms with Crippen molar-refractivity contribution in [2.24, 2.45) is 5.10 Å². The predicted molar refractivity (Wildman–Crippen MR) is 104 cm³/mol. The lowest BCUT2D eigenvalue weighted by Gasteiger charge is -2.21. The van der Waals surface area contributed by atoms with Gasteiger partial charge in [-0.25, -0.2) is 5.43 Å². The van der Waals surface area contributed by atoms with Crippen LogP contribution >= 0.6 is 0 Å². The third-order valence-corrected chi connectivity index (χ3v) is 4.13. The molecule has 7 nitrogen and oxygen atoms in total. The highest BCUT2D eigenvalue weighted by molar-refractivity contribution is 5.93. The SMILES string of the molecule is CCN(CC)c1ccc(/C=N/NC(=O)c2cc(C(C)(C)C)[nH]n2)c(O)c1. The molecule has 0 saturated carbocycles. The van der Waals surface area contributed by atoms with E-state index in [-0.39, 0.29) is 16.9 Å². The first kappa shape index (κ1) is 19.5. The average Bonchev–Trinajstić information content (AvgIpc) is 3.08. The summed E-state index contributed by atoms with van der Waals surface area (Å²) in [5.74, 6) is -0.297. The molecule has 1 aromatic carbocycles. The standard InChI is InChI=1S/C19H27N5O2/c1-6-24(7-2)14-9-8-13(16(25)10-14)12-20-23-18(26)15-11-17(22-21-15)19(3,4)5/h8-12,25H,6-7H2,1-5H3,(H,21,22)(H,23,26)/b20-12+. The number of phenols is 1. The smallest absolute Gasteiger partial charge is 0.291 e. The van der Waals surface area contributed by atoms with E-state index in [0.29, 0.717) is 5.56 Å². The first-order chi connectivity index (χ1) is 12.3. The molecule has 0 unspecified atom stereocenters. The Hall–Kier alpha value is -2.83. The van der Waals surface area contributed by atoms with Crippen molar-refractivity contribution in [2.45, 2.75) is 40.0 Å². The van der Waals surface area contributed by atoms with Crippen LogP contribution in [0.4, 0.5) is 5.69 Å². The van der Waals surface area contributed by atoms with Gasteiger partial charge in [0.05, 0.1) is 6.21 Å². The molecule has 0 bridgehead atoms. The molecular weight excluding hydrogens is 330 g/mol. The summed E-state index contributed by atoms with van der Waals surface area (Å²) in [7, 11) is 0. The summed E-state index contributed by atoms with van der Waals surface area (Å²) in [6.07, 6.45) is 1.41. The number of H-pyrrole nitrogens is 1. The van der Waals surface area contributed by atoms with Gasteiger partial charge in [-0.3, -0.25) is 9.89 Å². The Bertz CT molecular complexity index is 785. The second-order valence-corrected chi connectivity index (χ2v) is 7.03. The van der Waals surface area contributed by atoms with Gasteiger partial charge in [-0.2, -0.15) is 10.2 Å². The molecule has 26 heavy (non-hydrogen) atoms. The van der Waals surface area contributed by atoms with Crippen molar-refractivity contribution < 1.29 is 9.90 Å². The van der Waals surface area contributed by atoms with Crippen LogP contribution in [0.3, 0.4) is 0 Å². The van der Waals surface area contributed by atoms with Gasteiger partial charge in [0.2, 0.25) is 0 Å². The Balaban J connectivity index is 2.04. The van der Waals surface area contributed by atoms with E-state index in [9.17, 15) is 9.90 Å². The average molecular weight is 357 g/mol. The van der Waals surface area contributed by atoms with Crippen molar-refractivity contribution in [3.8, 4) is 5.75 Å². The molecule has 0 aliphatic carbocycles. The van der Waals surface area contributed by atoms with Gasteiger partial charge in [0, 0.05) is 41.5 Å². The maximum Gasteiger partial charge on any atom is 0.291 e. The Morgan fingerprint density at radius 1 is 1.31 bits per heavy atom. The van der Waals surface area contributed by atoms with Crippen molar-refractivity contribution in [2.75, 3.05) is 18.0 Å². The molecule has 1 amide bonds. The zero-order valence-corrected chi connectivity index (χ0v) is 16.0. The monoisotopic (exact) mass is 357 g/mol. The normalized spacial score (nSPS) is 11.7. The molecule has 2 rings (SSSR count).